The van der Waals surface area contributed by atoms with E-state index in [1.165, 1.54) is 19.2 Å². The molecule has 0 atom stereocenters. The lowest BCUT2D eigenvalue weighted by Crippen LogP contribution is -2.55. The Labute approximate surface area is 110 Å². The summed E-state index contributed by atoms with van der Waals surface area (Å²) < 4.78 is 13.3. The van der Waals surface area contributed by atoms with E-state index in [9.17, 15) is 14.0 Å². The minimum absolute atomic E-state index is 0.312. The molecule has 0 spiro atoms. The molecule has 1 aliphatic carbocycles. The van der Waals surface area contributed by atoms with Crippen LogP contribution in [0.4, 0.5) is 9.18 Å². The Morgan fingerprint density at radius 3 is 2.53 bits per heavy atom. The van der Waals surface area contributed by atoms with Crippen LogP contribution in [0.25, 0.3) is 0 Å². The lowest BCUT2D eigenvalue weighted by molar-refractivity contribution is -0.130. The Kier molecular flexibility index (Phi) is 3.69. The molecule has 1 aromatic carbocycles. The summed E-state index contributed by atoms with van der Waals surface area (Å²) in [6.45, 7) is 0. The smallest absolute Gasteiger partial charge is 0.333 e. The predicted molar refractivity (Wildman–Crippen MR) is 67.7 cm³/mol. The summed E-state index contributed by atoms with van der Waals surface area (Å²) in [6.07, 6.45) is 2.21. The number of nitrogens with one attached hydrogen (secondary N) is 3. The first kappa shape index (κ1) is 13.3. The van der Waals surface area contributed by atoms with Gasteiger partial charge in [-0.15, -0.1) is 0 Å². The molecular weight excluding hydrogens is 249 g/mol. The number of benzene rings is 1. The van der Waals surface area contributed by atoms with Crippen molar-refractivity contribution in [3.63, 3.8) is 0 Å². The van der Waals surface area contributed by atoms with Gasteiger partial charge in [0.25, 0.3) is 0 Å². The maximum Gasteiger partial charge on any atom is 0.333 e. The Bertz CT molecular complexity index is 500. The fourth-order valence-corrected chi connectivity index (χ4v) is 2.26. The molecule has 6 heteroatoms. The van der Waals surface area contributed by atoms with Crippen LogP contribution < -0.4 is 16.2 Å². The molecule has 0 unspecified atom stereocenters. The van der Waals surface area contributed by atoms with Gasteiger partial charge in [-0.3, -0.25) is 10.2 Å². The molecule has 0 radical (unpaired) electrons. The zero-order valence-corrected chi connectivity index (χ0v) is 10.6. The Balaban J connectivity index is 2.14. The van der Waals surface area contributed by atoms with Gasteiger partial charge in [-0.25, -0.2) is 14.6 Å². The molecule has 19 heavy (non-hydrogen) atoms. The van der Waals surface area contributed by atoms with Crippen LogP contribution in [-0.2, 0) is 10.2 Å². The summed E-state index contributed by atoms with van der Waals surface area (Å²) in [6, 6.07) is 5.54. The van der Waals surface area contributed by atoms with Gasteiger partial charge in [0.1, 0.15) is 5.82 Å². The van der Waals surface area contributed by atoms with Crippen molar-refractivity contribution < 1.29 is 14.0 Å². The van der Waals surface area contributed by atoms with Crippen LogP contribution in [0, 0.1) is 5.82 Å². The number of amides is 3. The lowest BCUT2D eigenvalue weighted by Gasteiger charge is -2.40. The standard InChI is InChI=1S/C13H16FN3O2/c1-15-12(19)17-16-11(18)13(6-3-7-13)9-4-2-5-10(14)8-9/h2,4-5,8H,3,6-7H2,1H3,(H,16,18)(H2,15,17,19). The third kappa shape index (κ3) is 2.52. The lowest BCUT2D eigenvalue weighted by atomic mass is 9.64. The van der Waals surface area contributed by atoms with E-state index in [1.807, 2.05) is 0 Å². The maximum absolute atomic E-state index is 13.3. The molecule has 5 nitrogen and oxygen atoms in total. The summed E-state index contributed by atoms with van der Waals surface area (Å²) in [5.74, 6) is -0.677. The fraction of sp³-hybridized carbons (Fsp3) is 0.385. The van der Waals surface area contributed by atoms with E-state index in [4.69, 9.17) is 0 Å². The molecule has 1 fully saturated rings. The number of carbonyl (C=O) groups excluding carboxylic acids is 2. The van der Waals surface area contributed by atoms with E-state index >= 15 is 0 Å². The number of hydrogen-bond donors (Lipinski definition) is 3. The molecule has 0 heterocycles. The van der Waals surface area contributed by atoms with Gasteiger partial charge in [-0.1, -0.05) is 18.6 Å². The summed E-state index contributed by atoms with van der Waals surface area (Å²) >= 11 is 0. The molecule has 1 aromatic rings. The summed E-state index contributed by atoms with van der Waals surface area (Å²) in [5, 5.41) is 2.33. The highest BCUT2D eigenvalue weighted by molar-refractivity contribution is 5.90. The van der Waals surface area contributed by atoms with Crippen LogP contribution >= 0.6 is 0 Å². The van der Waals surface area contributed by atoms with Gasteiger partial charge in [0, 0.05) is 7.05 Å². The largest absolute Gasteiger partial charge is 0.340 e. The van der Waals surface area contributed by atoms with Crippen molar-refractivity contribution in [3.05, 3.63) is 35.6 Å². The molecule has 0 saturated heterocycles. The number of rotatable bonds is 2. The van der Waals surface area contributed by atoms with Crippen molar-refractivity contribution in [2.45, 2.75) is 24.7 Å². The normalized spacial score (nSPS) is 16.1. The number of urea groups is 1. The van der Waals surface area contributed by atoms with Gasteiger partial charge in [-0.2, -0.15) is 0 Å². The second-order valence-corrected chi connectivity index (χ2v) is 4.60. The molecule has 3 N–H and O–H groups in total. The van der Waals surface area contributed by atoms with Crippen molar-refractivity contribution in [1.29, 1.82) is 0 Å². The quantitative estimate of drug-likeness (QED) is 0.703. The van der Waals surface area contributed by atoms with E-state index in [2.05, 4.69) is 16.2 Å². The monoisotopic (exact) mass is 265 g/mol. The third-order valence-corrected chi connectivity index (χ3v) is 3.54. The Hall–Kier alpha value is -2.11. The van der Waals surface area contributed by atoms with Crippen LogP contribution in [0.3, 0.4) is 0 Å². The zero-order valence-electron chi connectivity index (χ0n) is 10.6. The number of carbonyl (C=O) groups is 2. The minimum Gasteiger partial charge on any atom is -0.340 e. The first-order chi connectivity index (χ1) is 9.08. The van der Waals surface area contributed by atoms with E-state index in [1.54, 1.807) is 12.1 Å². The van der Waals surface area contributed by atoms with Crippen molar-refractivity contribution in [2.75, 3.05) is 7.05 Å². The van der Waals surface area contributed by atoms with E-state index < -0.39 is 11.4 Å². The van der Waals surface area contributed by atoms with Crippen LogP contribution in [0.15, 0.2) is 24.3 Å². The highest BCUT2D eigenvalue weighted by Gasteiger charge is 2.45. The Morgan fingerprint density at radius 2 is 2.00 bits per heavy atom. The summed E-state index contributed by atoms with van der Waals surface area (Å²) in [5.41, 5.74) is 4.53. The molecule has 3 amide bonds. The highest BCUT2D eigenvalue weighted by Crippen LogP contribution is 2.43. The zero-order chi connectivity index (χ0) is 13.9. The van der Waals surface area contributed by atoms with Crippen LogP contribution in [0.5, 0.6) is 0 Å². The average Bonchev–Trinajstić information content (AvgIpc) is 2.34. The van der Waals surface area contributed by atoms with E-state index in [-0.39, 0.29) is 11.7 Å². The molecule has 102 valence electrons. The minimum atomic E-state index is -0.733. The molecule has 1 aliphatic rings. The van der Waals surface area contributed by atoms with Gasteiger partial charge in [0.05, 0.1) is 5.41 Å². The molecule has 0 aliphatic heterocycles. The van der Waals surface area contributed by atoms with Gasteiger partial charge in [0.15, 0.2) is 0 Å². The van der Waals surface area contributed by atoms with Gasteiger partial charge in [0.2, 0.25) is 5.91 Å². The van der Waals surface area contributed by atoms with E-state index in [0.29, 0.717) is 18.4 Å². The van der Waals surface area contributed by atoms with Crippen molar-refractivity contribution in [2.24, 2.45) is 0 Å². The van der Waals surface area contributed by atoms with Crippen molar-refractivity contribution in [3.8, 4) is 0 Å². The fourth-order valence-electron chi connectivity index (χ4n) is 2.26. The van der Waals surface area contributed by atoms with Crippen LogP contribution in [-0.4, -0.2) is 19.0 Å². The first-order valence-corrected chi connectivity index (χ1v) is 6.13. The molecular formula is C13H16FN3O2. The van der Waals surface area contributed by atoms with Gasteiger partial charge >= 0.3 is 6.03 Å². The molecule has 0 aromatic heterocycles. The highest BCUT2D eigenvalue weighted by atomic mass is 19.1. The third-order valence-electron chi connectivity index (χ3n) is 3.54. The molecule has 2 rings (SSSR count). The summed E-state index contributed by atoms with van der Waals surface area (Å²) in [4.78, 5) is 23.2. The van der Waals surface area contributed by atoms with Gasteiger partial charge < -0.3 is 5.32 Å². The SMILES string of the molecule is CNC(=O)NNC(=O)C1(c2cccc(F)c2)CCC1. The van der Waals surface area contributed by atoms with E-state index in [0.717, 1.165) is 6.42 Å². The number of hydrogen-bond acceptors (Lipinski definition) is 2. The van der Waals surface area contributed by atoms with Gasteiger partial charge in [-0.05, 0) is 30.5 Å². The van der Waals surface area contributed by atoms with Crippen molar-refractivity contribution in [1.82, 2.24) is 16.2 Å². The van der Waals surface area contributed by atoms with Crippen LogP contribution in [0.1, 0.15) is 24.8 Å². The molecule has 0 bridgehead atoms. The summed E-state index contributed by atoms with van der Waals surface area (Å²) in [7, 11) is 1.45. The average molecular weight is 265 g/mol. The predicted octanol–water partition coefficient (Wildman–Crippen LogP) is 1.21. The Morgan fingerprint density at radius 1 is 1.26 bits per heavy atom. The first-order valence-electron chi connectivity index (χ1n) is 6.13. The van der Waals surface area contributed by atoms with Crippen LogP contribution in [0.2, 0.25) is 0 Å². The maximum atomic E-state index is 13.3. The van der Waals surface area contributed by atoms with Crippen molar-refractivity contribution >= 4 is 11.9 Å². The topological polar surface area (TPSA) is 70.2 Å². The second kappa shape index (κ2) is 5.26. The second-order valence-electron chi connectivity index (χ2n) is 4.60. The number of hydrazine groups is 1. The molecule has 1 saturated carbocycles. The number of halogens is 1.